The van der Waals surface area contributed by atoms with E-state index in [1.54, 1.807) is 0 Å². The molecule has 0 unspecified atom stereocenters. The number of para-hydroxylation sites is 1. The quantitative estimate of drug-likeness (QED) is 0.144. The summed E-state index contributed by atoms with van der Waals surface area (Å²) in [5.74, 6) is 0.474. The summed E-state index contributed by atoms with van der Waals surface area (Å²) < 4.78 is 34.3. The van der Waals surface area contributed by atoms with Crippen molar-refractivity contribution in [1.29, 1.82) is 5.41 Å². The topological polar surface area (TPSA) is 147 Å². The lowest BCUT2D eigenvalue weighted by Gasteiger charge is -2.33. The number of rotatable bonds is 11. The zero-order valence-corrected chi connectivity index (χ0v) is 28.4. The number of sulfonamides is 1. The number of guanidine groups is 1. The SMILES string of the molecule is CC(C)c1cc(C(C)C)c(S(=O)(=O)Nc2c(CCC(N)=O)c3ccccc3n2C[C@@H]2CCCN(C(=N)N)C2)c(C(C)C)c1.Cl. The van der Waals surface area contributed by atoms with E-state index in [-0.39, 0.29) is 48.5 Å². The highest BCUT2D eigenvalue weighted by atomic mass is 35.5. The number of primary amides is 1. The van der Waals surface area contributed by atoms with Gasteiger partial charge in [0.25, 0.3) is 10.0 Å². The van der Waals surface area contributed by atoms with Crippen molar-refractivity contribution < 1.29 is 13.2 Å². The van der Waals surface area contributed by atoms with Crippen LogP contribution in [0.2, 0.25) is 0 Å². The standard InChI is InChI=1S/C33H48N6O3S.ClH/c1-20(2)24-16-27(21(3)4)31(28(17-24)22(5)6)43(41,42)37-32-26(13-14-30(34)40)25-11-7-8-12-29(25)39(32)19-23-10-9-15-38(18-23)33(35)36;/h7-8,11-12,16-17,20-23,37H,9-10,13-15,18-19H2,1-6H3,(H2,34,40)(H3,35,36);1H/t23-;/m1./s1. The third-order valence-corrected chi connectivity index (χ3v) is 10.0. The molecule has 44 heavy (non-hydrogen) atoms. The third kappa shape index (κ3) is 7.51. The minimum Gasteiger partial charge on any atom is -0.370 e. The maximum Gasteiger partial charge on any atom is 0.263 e. The van der Waals surface area contributed by atoms with Crippen LogP contribution in [0.25, 0.3) is 10.9 Å². The van der Waals surface area contributed by atoms with Gasteiger partial charge in [-0.05, 0) is 65.7 Å². The van der Waals surface area contributed by atoms with Gasteiger partial charge in [-0.15, -0.1) is 12.4 Å². The van der Waals surface area contributed by atoms with Gasteiger partial charge >= 0.3 is 0 Å². The van der Waals surface area contributed by atoms with Gasteiger partial charge in [0.2, 0.25) is 5.91 Å². The monoisotopic (exact) mass is 644 g/mol. The number of piperidine rings is 1. The van der Waals surface area contributed by atoms with Gasteiger partial charge in [0.15, 0.2) is 5.96 Å². The van der Waals surface area contributed by atoms with Crippen LogP contribution >= 0.6 is 12.4 Å². The van der Waals surface area contributed by atoms with Crippen molar-refractivity contribution in [1.82, 2.24) is 9.47 Å². The zero-order valence-electron chi connectivity index (χ0n) is 26.8. The Hall–Kier alpha value is -3.24. The summed E-state index contributed by atoms with van der Waals surface area (Å²) in [5.41, 5.74) is 15.8. The number of aromatic nitrogens is 1. The number of nitrogens with zero attached hydrogens (tertiary/aromatic N) is 2. The van der Waals surface area contributed by atoms with E-state index in [1.807, 2.05) is 73.6 Å². The van der Waals surface area contributed by atoms with Crippen molar-refractivity contribution in [3.05, 3.63) is 58.7 Å². The number of anilines is 1. The van der Waals surface area contributed by atoms with Crippen molar-refractivity contribution >= 4 is 51.0 Å². The van der Waals surface area contributed by atoms with E-state index in [4.69, 9.17) is 16.9 Å². The first-order valence-electron chi connectivity index (χ1n) is 15.4. The highest BCUT2D eigenvalue weighted by molar-refractivity contribution is 7.92. The third-order valence-electron chi connectivity index (χ3n) is 8.58. The van der Waals surface area contributed by atoms with Crippen molar-refractivity contribution in [2.45, 2.75) is 96.4 Å². The number of hydrogen-bond donors (Lipinski definition) is 4. The molecule has 0 spiro atoms. The molecule has 242 valence electrons. The summed E-state index contributed by atoms with van der Waals surface area (Å²) in [5, 5.41) is 8.85. The van der Waals surface area contributed by atoms with Crippen LogP contribution in [0.5, 0.6) is 0 Å². The van der Waals surface area contributed by atoms with Gasteiger partial charge in [-0.2, -0.15) is 0 Å². The number of halogens is 1. The van der Waals surface area contributed by atoms with E-state index < -0.39 is 15.9 Å². The molecular weight excluding hydrogens is 596 g/mol. The number of fused-ring (bicyclic) bond motifs is 1. The Balaban J connectivity index is 0.00000529. The van der Waals surface area contributed by atoms with Gasteiger partial charge in [-0.25, -0.2) is 8.42 Å². The molecule has 1 amide bonds. The molecule has 1 saturated heterocycles. The van der Waals surface area contributed by atoms with Gasteiger partial charge in [-0.3, -0.25) is 14.9 Å². The normalized spacial score (nSPS) is 15.7. The van der Waals surface area contributed by atoms with Gasteiger partial charge < -0.3 is 20.9 Å². The first kappa shape index (κ1) is 35.2. The smallest absolute Gasteiger partial charge is 0.263 e. The van der Waals surface area contributed by atoms with Gasteiger partial charge in [-0.1, -0.05) is 71.9 Å². The number of nitrogens with two attached hydrogens (primary N) is 2. The molecule has 4 rings (SSSR count). The number of carbonyl (C=O) groups excluding carboxylic acids is 1. The summed E-state index contributed by atoms with van der Waals surface area (Å²) in [6, 6.07) is 11.9. The lowest BCUT2D eigenvalue weighted by molar-refractivity contribution is -0.117. The van der Waals surface area contributed by atoms with Crippen molar-refractivity contribution in [3.8, 4) is 0 Å². The minimum absolute atomic E-state index is 0. The van der Waals surface area contributed by atoms with Crippen molar-refractivity contribution in [2.75, 3.05) is 17.8 Å². The van der Waals surface area contributed by atoms with E-state index in [0.29, 0.717) is 30.2 Å². The second-order valence-corrected chi connectivity index (χ2v) is 14.5. The van der Waals surface area contributed by atoms with E-state index >= 15 is 0 Å². The van der Waals surface area contributed by atoms with Crippen LogP contribution in [-0.2, 0) is 27.8 Å². The number of nitrogens with one attached hydrogen (secondary N) is 2. The molecule has 1 aliphatic heterocycles. The molecule has 1 aromatic heterocycles. The zero-order chi connectivity index (χ0) is 31.6. The first-order chi connectivity index (χ1) is 20.2. The van der Waals surface area contributed by atoms with Gasteiger partial charge in [0.1, 0.15) is 5.82 Å². The molecule has 0 radical (unpaired) electrons. The van der Waals surface area contributed by atoms with Crippen molar-refractivity contribution in [3.63, 3.8) is 0 Å². The maximum atomic E-state index is 14.6. The first-order valence-corrected chi connectivity index (χ1v) is 16.9. The second kappa shape index (κ2) is 14.2. The predicted octanol–water partition coefficient (Wildman–Crippen LogP) is 6.26. The Kier molecular flexibility index (Phi) is 11.4. The maximum absolute atomic E-state index is 14.6. The molecule has 3 aromatic rings. The lowest BCUT2D eigenvalue weighted by atomic mass is 9.89. The summed E-state index contributed by atoms with van der Waals surface area (Å²) in [6.07, 6.45) is 2.24. The highest BCUT2D eigenvalue weighted by Crippen LogP contribution is 2.39. The molecule has 9 nitrogen and oxygen atoms in total. The van der Waals surface area contributed by atoms with E-state index in [0.717, 1.165) is 52.5 Å². The van der Waals surface area contributed by atoms with Crippen LogP contribution in [0.15, 0.2) is 41.3 Å². The molecule has 0 aliphatic carbocycles. The number of hydrogen-bond acceptors (Lipinski definition) is 4. The van der Waals surface area contributed by atoms with Crippen molar-refractivity contribution in [2.24, 2.45) is 17.4 Å². The highest BCUT2D eigenvalue weighted by Gasteiger charge is 2.31. The Morgan fingerprint density at radius 2 is 1.64 bits per heavy atom. The van der Waals surface area contributed by atoms with E-state index in [1.165, 1.54) is 0 Å². The Bertz CT molecular complexity index is 1580. The van der Waals surface area contributed by atoms with Crippen LogP contribution in [0.3, 0.4) is 0 Å². The second-order valence-electron chi connectivity index (χ2n) is 12.9. The Morgan fingerprint density at radius 1 is 1.02 bits per heavy atom. The molecule has 11 heteroatoms. The number of likely N-dealkylation sites (tertiary alicyclic amines) is 1. The molecule has 6 N–H and O–H groups in total. The fraction of sp³-hybridized carbons (Fsp3) is 0.515. The van der Waals surface area contributed by atoms with Crippen LogP contribution in [0.1, 0.15) is 101 Å². The fourth-order valence-electron chi connectivity index (χ4n) is 6.25. The molecule has 0 bridgehead atoms. The van der Waals surface area contributed by atoms with Crippen LogP contribution < -0.4 is 16.2 Å². The summed E-state index contributed by atoms with van der Waals surface area (Å²) in [6.45, 7) is 14.3. The number of amides is 1. The van der Waals surface area contributed by atoms with E-state index in [2.05, 4.69) is 18.6 Å². The minimum atomic E-state index is -4.05. The van der Waals surface area contributed by atoms with Gasteiger partial charge in [0, 0.05) is 42.5 Å². The molecular formula is C33H49ClN6O3S. The number of aryl methyl sites for hydroxylation is 1. The Labute approximate surface area is 268 Å². The summed E-state index contributed by atoms with van der Waals surface area (Å²) >= 11 is 0. The van der Waals surface area contributed by atoms with E-state index in [9.17, 15) is 13.2 Å². The van der Waals surface area contributed by atoms with Crippen LogP contribution in [-0.4, -0.2) is 42.8 Å². The average Bonchev–Trinajstić information content (AvgIpc) is 3.22. The fourth-order valence-corrected chi connectivity index (χ4v) is 8.05. The molecule has 1 aliphatic rings. The molecule has 1 atom stereocenters. The number of carbonyl (C=O) groups is 1. The molecule has 1 fully saturated rings. The average molecular weight is 645 g/mol. The predicted molar refractivity (Wildman–Crippen MR) is 182 cm³/mol. The van der Waals surface area contributed by atoms with Crippen LogP contribution in [0, 0.1) is 11.3 Å². The lowest BCUT2D eigenvalue weighted by Crippen LogP contribution is -2.44. The Morgan fingerprint density at radius 3 is 2.18 bits per heavy atom. The molecule has 2 aromatic carbocycles. The number of benzene rings is 2. The molecule has 0 saturated carbocycles. The van der Waals surface area contributed by atoms with Gasteiger partial charge in [0.05, 0.1) is 4.90 Å². The largest absolute Gasteiger partial charge is 0.370 e. The molecule has 2 heterocycles. The summed E-state index contributed by atoms with van der Waals surface area (Å²) in [7, 11) is -4.05. The van der Waals surface area contributed by atoms with Crippen LogP contribution in [0.4, 0.5) is 5.82 Å². The summed E-state index contributed by atoms with van der Waals surface area (Å²) in [4.78, 5) is 14.1.